The van der Waals surface area contributed by atoms with Gasteiger partial charge in [0.25, 0.3) is 5.91 Å². The number of carbonyl (C=O) groups is 2. The van der Waals surface area contributed by atoms with Gasteiger partial charge < -0.3 is 10.6 Å². The number of carbonyl (C=O) groups excluding carboxylic acids is 2. The zero-order valence-electron chi connectivity index (χ0n) is 12.7. The maximum absolute atomic E-state index is 12.3. The number of hydrogen-bond acceptors (Lipinski definition) is 5. The predicted molar refractivity (Wildman–Crippen MR) is 78.9 cm³/mol. The molecule has 0 fully saturated rings. The van der Waals surface area contributed by atoms with Crippen LogP contribution in [0.15, 0.2) is 18.6 Å². The van der Waals surface area contributed by atoms with E-state index in [1.165, 1.54) is 17.2 Å². The molecule has 0 radical (unpaired) electrons. The molecule has 2 aromatic heterocycles. The third kappa shape index (κ3) is 4.14. The number of aromatic nitrogens is 5. The summed E-state index contributed by atoms with van der Waals surface area (Å²) in [6, 6.07) is 0.950. The van der Waals surface area contributed by atoms with E-state index in [0.29, 0.717) is 12.2 Å². The summed E-state index contributed by atoms with van der Waals surface area (Å²) in [5.41, 5.74) is 0. The Morgan fingerprint density at radius 3 is 2.73 bits per heavy atom. The largest absolute Gasteiger partial charge is 0.337 e. The second-order valence-corrected chi connectivity index (χ2v) is 5.36. The highest BCUT2D eigenvalue weighted by molar-refractivity contribution is 5.99. The molecule has 2 heterocycles. The van der Waals surface area contributed by atoms with Crippen LogP contribution < -0.4 is 10.6 Å². The highest BCUT2D eigenvalue weighted by atomic mass is 16.2. The number of nitrogens with one attached hydrogen (secondary N) is 3. The summed E-state index contributed by atoms with van der Waals surface area (Å²) >= 11 is 0. The van der Waals surface area contributed by atoms with Gasteiger partial charge in [0, 0.05) is 13.1 Å². The number of anilines is 1. The normalized spacial score (nSPS) is 12.2. The first-order valence-corrected chi connectivity index (χ1v) is 6.92. The van der Waals surface area contributed by atoms with Gasteiger partial charge in [0.1, 0.15) is 18.2 Å². The second-order valence-electron chi connectivity index (χ2n) is 5.36. The van der Waals surface area contributed by atoms with E-state index >= 15 is 0 Å². The molecule has 1 atom stereocenters. The minimum Gasteiger partial charge on any atom is -0.337 e. The van der Waals surface area contributed by atoms with Crippen molar-refractivity contribution in [2.75, 3.05) is 5.32 Å². The van der Waals surface area contributed by atoms with E-state index in [2.05, 4.69) is 30.9 Å². The zero-order chi connectivity index (χ0) is 16.1. The van der Waals surface area contributed by atoms with E-state index in [0.717, 1.165) is 0 Å². The van der Waals surface area contributed by atoms with Crippen molar-refractivity contribution in [1.82, 2.24) is 30.3 Å². The van der Waals surface area contributed by atoms with Gasteiger partial charge in [-0.2, -0.15) is 5.10 Å². The Balaban J connectivity index is 2.05. The van der Waals surface area contributed by atoms with Crippen LogP contribution in [0.5, 0.6) is 0 Å². The van der Waals surface area contributed by atoms with Crippen LogP contribution in [0.25, 0.3) is 0 Å². The summed E-state index contributed by atoms with van der Waals surface area (Å²) in [7, 11) is 1.67. The molecule has 22 heavy (non-hydrogen) atoms. The van der Waals surface area contributed by atoms with Crippen molar-refractivity contribution in [2.24, 2.45) is 13.0 Å². The fraction of sp³-hybridized carbons (Fsp3) is 0.462. The lowest BCUT2D eigenvalue weighted by atomic mass is 10.0. The molecular formula is C13H19N7O2. The molecule has 9 heteroatoms. The zero-order valence-corrected chi connectivity index (χ0v) is 12.7. The van der Waals surface area contributed by atoms with Gasteiger partial charge in [0.15, 0.2) is 0 Å². The minimum atomic E-state index is -0.681. The molecule has 0 bridgehead atoms. The SMILES string of the molecule is CC(C)CC(NC(=O)c1ncn(C)n1)C(=O)Nc1ccn[nH]1. The lowest BCUT2D eigenvalue weighted by Crippen LogP contribution is -2.45. The fourth-order valence-electron chi connectivity index (χ4n) is 1.91. The summed E-state index contributed by atoms with van der Waals surface area (Å²) in [5.74, 6) is -0.0580. The fourth-order valence-corrected chi connectivity index (χ4v) is 1.91. The molecule has 2 amide bonds. The molecule has 2 rings (SSSR count). The molecular weight excluding hydrogens is 286 g/mol. The molecule has 0 spiro atoms. The summed E-state index contributed by atoms with van der Waals surface area (Å²) in [6.45, 7) is 3.95. The lowest BCUT2D eigenvalue weighted by molar-refractivity contribution is -0.118. The third-order valence-electron chi connectivity index (χ3n) is 2.89. The molecule has 0 aromatic carbocycles. The van der Waals surface area contributed by atoms with E-state index in [1.807, 2.05) is 13.8 Å². The van der Waals surface area contributed by atoms with Crippen molar-refractivity contribution in [3.05, 3.63) is 24.4 Å². The number of aromatic amines is 1. The molecule has 0 aliphatic rings. The number of H-pyrrole nitrogens is 1. The van der Waals surface area contributed by atoms with Crippen LogP contribution in [0.4, 0.5) is 5.82 Å². The van der Waals surface area contributed by atoms with Crippen LogP contribution in [-0.2, 0) is 11.8 Å². The third-order valence-corrected chi connectivity index (χ3v) is 2.89. The molecule has 3 N–H and O–H groups in total. The quantitative estimate of drug-likeness (QED) is 0.710. The van der Waals surface area contributed by atoms with Gasteiger partial charge >= 0.3 is 0 Å². The predicted octanol–water partition coefficient (Wildman–Crippen LogP) is 0.321. The van der Waals surface area contributed by atoms with Crippen LogP contribution in [0.3, 0.4) is 0 Å². The highest BCUT2D eigenvalue weighted by Crippen LogP contribution is 2.08. The van der Waals surface area contributed by atoms with E-state index in [1.54, 1.807) is 13.1 Å². The monoisotopic (exact) mass is 305 g/mol. The molecule has 0 saturated carbocycles. The lowest BCUT2D eigenvalue weighted by Gasteiger charge is -2.19. The second kappa shape index (κ2) is 6.83. The van der Waals surface area contributed by atoms with Gasteiger partial charge in [-0.25, -0.2) is 4.98 Å². The van der Waals surface area contributed by atoms with Crippen LogP contribution >= 0.6 is 0 Å². The number of amides is 2. The molecule has 0 aliphatic carbocycles. The Morgan fingerprint density at radius 2 is 2.18 bits per heavy atom. The van der Waals surface area contributed by atoms with Crippen molar-refractivity contribution >= 4 is 17.6 Å². The van der Waals surface area contributed by atoms with Gasteiger partial charge in [-0.1, -0.05) is 13.8 Å². The molecule has 0 aliphatic heterocycles. The Labute approximate surface area is 127 Å². The Kier molecular flexibility index (Phi) is 4.87. The maximum atomic E-state index is 12.3. The van der Waals surface area contributed by atoms with E-state index in [4.69, 9.17) is 0 Å². The first-order valence-electron chi connectivity index (χ1n) is 6.92. The number of aryl methyl sites for hydroxylation is 1. The summed E-state index contributed by atoms with van der Waals surface area (Å²) in [4.78, 5) is 28.3. The van der Waals surface area contributed by atoms with Crippen LogP contribution in [0, 0.1) is 5.92 Å². The van der Waals surface area contributed by atoms with Gasteiger partial charge in [0.05, 0.1) is 6.20 Å². The molecule has 0 saturated heterocycles. The van der Waals surface area contributed by atoms with Crippen molar-refractivity contribution in [2.45, 2.75) is 26.3 Å². The van der Waals surface area contributed by atoms with Gasteiger partial charge in [-0.3, -0.25) is 19.4 Å². The highest BCUT2D eigenvalue weighted by Gasteiger charge is 2.24. The van der Waals surface area contributed by atoms with Crippen LogP contribution in [0.2, 0.25) is 0 Å². The first-order chi connectivity index (χ1) is 10.5. The van der Waals surface area contributed by atoms with Crippen molar-refractivity contribution in [3.8, 4) is 0 Å². The van der Waals surface area contributed by atoms with E-state index in [-0.39, 0.29) is 17.6 Å². The Bertz CT molecular complexity index is 633. The molecule has 9 nitrogen and oxygen atoms in total. The van der Waals surface area contributed by atoms with E-state index in [9.17, 15) is 9.59 Å². The molecule has 1 unspecified atom stereocenters. The first kappa shape index (κ1) is 15.7. The smallest absolute Gasteiger partial charge is 0.291 e. The Morgan fingerprint density at radius 1 is 1.41 bits per heavy atom. The van der Waals surface area contributed by atoms with Crippen molar-refractivity contribution < 1.29 is 9.59 Å². The standard InChI is InChI=1S/C13H19N7O2/c1-8(2)6-9(12(21)17-10-4-5-15-18-10)16-13(22)11-14-7-20(3)19-11/h4-5,7-9H,6H2,1-3H3,(H,16,22)(H2,15,17,18,21). The van der Waals surface area contributed by atoms with Crippen molar-refractivity contribution in [3.63, 3.8) is 0 Å². The van der Waals surface area contributed by atoms with Gasteiger partial charge in [-0.05, 0) is 12.3 Å². The van der Waals surface area contributed by atoms with Gasteiger partial charge in [0.2, 0.25) is 11.7 Å². The number of rotatable bonds is 6. The van der Waals surface area contributed by atoms with Crippen LogP contribution in [-0.4, -0.2) is 42.8 Å². The number of hydrogen-bond donors (Lipinski definition) is 3. The van der Waals surface area contributed by atoms with Crippen LogP contribution in [0.1, 0.15) is 30.9 Å². The number of nitrogens with zero attached hydrogens (tertiary/aromatic N) is 4. The molecule has 118 valence electrons. The maximum Gasteiger partial charge on any atom is 0.291 e. The van der Waals surface area contributed by atoms with Gasteiger partial charge in [-0.15, -0.1) is 5.10 Å². The average molecular weight is 305 g/mol. The Hall–Kier alpha value is -2.71. The topological polar surface area (TPSA) is 118 Å². The van der Waals surface area contributed by atoms with Crippen molar-refractivity contribution in [1.29, 1.82) is 0 Å². The summed E-state index contributed by atoms with van der Waals surface area (Å²) in [6.07, 6.45) is 3.46. The summed E-state index contributed by atoms with van der Waals surface area (Å²) < 4.78 is 1.43. The van der Waals surface area contributed by atoms with E-state index < -0.39 is 11.9 Å². The summed E-state index contributed by atoms with van der Waals surface area (Å²) in [5, 5.41) is 15.7. The molecule has 2 aromatic rings. The average Bonchev–Trinajstić information content (AvgIpc) is 3.08. The minimum absolute atomic E-state index is 0.0330.